The fourth-order valence-electron chi connectivity index (χ4n) is 2.78. The molecule has 1 aliphatic heterocycles. The van der Waals surface area contributed by atoms with Crippen molar-refractivity contribution in [2.75, 3.05) is 38.0 Å². The highest BCUT2D eigenvalue weighted by molar-refractivity contribution is 5.90. The number of aryl methyl sites for hydroxylation is 2. The van der Waals surface area contributed by atoms with Gasteiger partial charge in [0.25, 0.3) is 0 Å². The fourth-order valence-corrected chi connectivity index (χ4v) is 2.78. The van der Waals surface area contributed by atoms with Gasteiger partial charge >= 0.3 is 6.03 Å². The van der Waals surface area contributed by atoms with Gasteiger partial charge in [-0.1, -0.05) is 24.6 Å². The SMILES string of the molecule is CCC[NH+]1CCN(C(=O)Nc2ccc(C)cc2C)CC1. The second kappa shape index (κ2) is 6.75. The van der Waals surface area contributed by atoms with E-state index in [1.807, 2.05) is 24.0 Å². The molecule has 1 saturated heterocycles. The van der Waals surface area contributed by atoms with E-state index < -0.39 is 0 Å². The van der Waals surface area contributed by atoms with E-state index >= 15 is 0 Å². The number of hydrogen-bond donors (Lipinski definition) is 2. The highest BCUT2D eigenvalue weighted by Crippen LogP contribution is 2.16. The normalized spacial score (nSPS) is 16.2. The van der Waals surface area contributed by atoms with Gasteiger partial charge in [-0.2, -0.15) is 0 Å². The molecule has 4 heteroatoms. The van der Waals surface area contributed by atoms with E-state index in [1.54, 1.807) is 4.90 Å². The van der Waals surface area contributed by atoms with Gasteiger partial charge in [0.2, 0.25) is 0 Å². The minimum absolute atomic E-state index is 0.0347. The van der Waals surface area contributed by atoms with Gasteiger partial charge in [0.15, 0.2) is 0 Å². The Morgan fingerprint density at radius 1 is 1.30 bits per heavy atom. The standard InChI is InChI=1S/C16H25N3O/c1-4-7-18-8-10-19(11-9-18)16(20)17-15-6-5-13(2)12-14(15)3/h5-6,12H,4,7-11H2,1-3H3,(H,17,20)/p+1. The number of amides is 2. The molecule has 0 saturated carbocycles. The lowest BCUT2D eigenvalue weighted by molar-refractivity contribution is -0.904. The first-order valence-electron chi connectivity index (χ1n) is 7.57. The number of nitrogens with zero attached hydrogens (tertiary/aromatic N) is 1. The zero-order valence-electron chi connectivity index (χ0n) is 12.8. The molecule has 0 bridgehead atoms. The maximum Gasteiger partial charge on any atom is 0.322 e. The van der Waals surface area contributed by atoms with Gasteiger partial charge in [-0.15, -0.1) is 0 Å². The Labute approximate surface area is 121 Å². The lowest BCUT2D eigenvalue weighted by Gasteiger charge is -2.32. The van der Waals surface area contributed by atoms with E-state index in [2.05, 4.69) is 25.2 Å². The van der Waals surface area contributed by atoms with E-state index in [0.29, 0.717) is 0 Å². The van der Waals surface area contributed by atoms with Crippen molar-refractivity contribution in [2.45, 2.75) is 27.2 Å². The van der Waals surface area contributed by atoms with Gasteiger partial charge in [0, 0.05) is 5.69 Å². The Bertz CT molecular complexity index is 465. The molecule has 0 radical (unpaired) electrons. The molecular formula is C16H26N3O+. The summed E-state index contributed by atoms with van der Waals surface area (Å²) in [5.41, 5.74) is 3.26. The minimum Gasteiger partial charge on any atom is -0.332 e. The third kappa shape index (κ3) is 3.73. The van der Waals surface area contributed by atoms with Crippen LogP contribution in [0.3, 0.4) is 0 Å². The van der Waals surface area contributed by atoms with Crippen LogP contribution in [0.4, 0.5) is 10.5 Å². The predicted octanol–water partition coefficient (Wildman–Crippen LogP) is 1.45. The lowest BCUT2D eigenvalue weighted by atomic mass is 10.1. The molecule has 1 aliphatic rings. The van der Waals surface area contributed by atoms with Gasteiger partial charge in [0.05, 0.1) is 32.7 Å². The number of anilines is 1. The first-order valence-corrected chi connectivity index (χ1v) is 7.57. The Morgan fingerprint density at radius 2 is 2.00 bits per heavy atom. The van der Waals surface area contributed by atoms with Crippen molar-refractivity contribution in [2.24, 2.45) is 0 Å². The van der Waals surface area contributed by atoms with Crippen LogP contribution in [-0.4, -0.2) is 43.7 Å². The summed E-state index contributed by atoms with van der Waals surface area (Å²) < 4.78 is 0. The first-order chi connectivity index (χ1) is 9.60. The van der Waals surface area contributed by atoms with E-state index in [9.17, 15) is 4.79 Å². The number of benzene rings is 1. The molecule has 2 amide bonds. The fraction of sp³-hybridized carbons (Fsp3) is 0.562. The van der Waals surface area contributed by atoms with Crippen LogP contribution in [0.5, 0.6) is 0 Å². The van der Waals surface area contributed by atoms with Gasteiger partial charge < -0.3 is 15.1 Å². The second-order valence-electron chi connectivity index (χ2n) is 5.74. The summed E-state index contributed by atoms with van der Waals surface area (Å²) in [6, 6.07) is 6.15. The molecule has 2 N–H and O–H groups in total. The maximum atomic E-state index is 12.3. The molecule has 1 heterocycles. The highest BCUT2D eigenvalue weighted by Gasteiger charge is 2.23. The summed E-state index contributed by atoms with van der Waals surface area (Å²) in [5, 5.41) is 3.03. The molecule has 0 aromatic heterocycles. The van der Waals surface area contributed by atoms with Crippen LogP contribution in [0.1, 0.15) is 24.5 Å². The lowest BCUT2D eigenvalue weighted by Crippen LogP contribution is -3.14. The monoisotopic (exact) mass is 276 g/mol. The molecule has 4 nitrogen and oxygen atoms in total. The Kier molecular flexibility index (Phi) is 5.01. The quantitative estimate of drug-likeness (QED) is 0.861. The van der Waals surface area contributed by atoms with Crippen molar-refractivity contribution < 1.29 is 9.69 Å². The summed E-state index contributed by atoms with van der Waals surface area (Å²) in [4.78, 5) is 15.8. The zero-order chi connectivity index (χ0) is 14.5. The Balaban J connectivity index is 1.89. The third-order valence-corrected chi connectivity index (χ3v) is 3.98. The molecule has 20 heavy (non-hydrogen) atoms. The van der Waals surface area contributed by atoms with Crippen LogP contribution < -0.4 is 10.2 Å². The molecule has 1 aromatic rings. The van der Waals surface area contributed by atoms with Crippen LogP contribution in [0, 0.1) is 13.8 Å². The number of quaternary nitrogens is 1. The average molecular weight is 276 g/mol. The summed E-state index contributed by atoms with van der Waals surface area (Å²) in [6.07, 6.45) is 1.21. The minimum atomic E-state index is 0.0347. The summed E-state index contributed by atoms with van der Waals surface area (Å²) in [6.45, 7) is 11.4. The molecule has 0 atom stereocenters. The second-order valence-corrected chi connectivity index (χ2v) is 5.74. The topological polar surface area (TPSA) is 36.8 Å². The number of piperazine rings is 1. The van der Waals surface area contributed by atoms with Crippen molar-refractivity contribution in [3.63, 3.8) is 0 Å². The van der Waals surface area contributed by atoms with Gasteiger partial charge in [-0.05, 0) is 31.9 Å². The number of nitrogens with one attached hydrogen (secondary N) is 2. The molecule has 1 fully saturated rings. The Hall–Kier alpha value is -1.55. The molecule has 0 aliphatic carbocycles. The molecular weight excluding hydrogens is 250 g/mol. The molecule has 110 valence electrons. The number of carbonyl (C=O) groups is 1. The van der Waals surface area contributed by atoms with Gasteiger partial charge in [0.1, 0.15) is 0 Å². The average Bonchev–Trinajstić information content (AvgIpc) is 2.43. The van der Waals surface area contributed by atoms with E-state index in [-0.39, 0.29) is 6.03 Å². The molecule has 2 rings (SSSR count). The first kappa shape index (κ1) is 14.9. The van der Waals surface area contributed by atoms with Crippen molar-refractivity contribution in [1.29, 1.82) is 0 Å². The van der Waals surface area contributed by atoms with Crippen LogP contribution in [-0.2, 0) is 0 Å². The van der Waals surface area contributed by atoms with Crippen molar-refractivity contribution in [3.05, 3.63) is 29.3 Å². The molecule has 0 spiro atoms. The summed E-state index contributed by atoms with van der Waals surface area (Å²) in [7, 11) is 0. The Morgan fingerprint density at radius 3 is 2.60 bits per heavy atom. The highest BCUT2D eigenvalue weighted by atomic mass is 16.2. The number of carbonyl (C=O) groups excluding carboxylic acids is 1. The predicted molar refractivity (Wildman–Crippen MR) is 82.4 cm³/mol. The maximum absolute atomic E-state index is 12.3. The summed E-state index contributed by atoms with van der Waals surface area (Å²) >= 11 is 0. The molecule has 0 unspecified atom stereocenters. The van der Waals surface area contributed by atoms with Crippen LogP contribution in [0.25, 0.3) is 0 Å². The third-order valence-electron chi connectivity index (χ3n) is 3.98. The number of hydrogen-bond acceptors (Lipinski definition) is 1. The van der Waals surface area contributed by atoms with Gasteiger partial charge in [-0.3, -0.25) is 0 Å². The van der Waals surface area contributed by atoms with Gasteiger partial charge in [-0.25, -0.2) is 4.79 Å². The van der Waals surface area contributed by atoms with Crippen LogP contribution in [0.2, 0.25) is 0 Å². The van der Waals surface area contributed by atoms with Crippen LogP contribution >= 0.6 is 0 Å². The number of rotatable bonds is 3. The summed E-state index contributed by atoms with van der Waals surface area (Å²) in [5.74, 6) is 0. The number of urea groups is 1. The van der Waals surface area contributed by atoms with E-state index in [1.165, 1.54) is 18.5 Å². The van der Waals surface area contributed by atoms with E-state index in [0.717, 1.165) is 37.4 Å². The van der Waals surface area contributed by atoms with Crippen molar-refractivity contribution in [3.8, 4) is 0 Å². The largest absolute Gasteiger partial charge is 0.332 e. The van der Waals surface area contributed by atoms with E-state index in [4.69, 9.17) is 0 Å². The molecule has 1 aromatic carbocycles. The smallest absolute Gasteiger partial charge is 0.322 e. The van der Waals surface area contributed by atoms with Crippen LogP contribution in [0.15, 0.2) is 18.2 Å². The van der Waals surface area contributed by atoms with Crippen molar-refractivity contribution in [1.82, 2.24) is 4.90 Å². The van der Waals surface area contributed by atoms with Crippen molar-refractivity contribution >= 4 is 11.7 Å². The zero-order valence-corrected chi connectivity index (χ0v) is 12.8.